The average Bonchev–Trinajstić information content (AvgIpc) is 3.41. The van der Waals surface area contributed by atoms with Crippen LogP contribution in [0.1, 0.15) is 23.2 Å². The van der Waals surface area contributed by atoms with Crippen LogP contribution in [0.15, 0.2) is 41.3 Å². The number of benzene rings is 1. The number of hydrogen-bond acceptors (Lipinski definition) is 6. The van der Waals surface area contributed by atoms with Crippen molar-refractivity contribution in [1.82, 2.24) is 9.55 Å². The second-order valence-corrected chi connectivity index (χ2v) is 8.08. The fourth-order valence-corrected chi connectivity index (χ4v) is 4.24. The maximum atomic E-state index is 15.0. The number of halogens is 1. The van der Waals surface area contributed by atoms with Crippen molar-refractivity contribution in [3.63, 3.8) is 0 Å². The predicted octanol–water partition coefficient (Wildman–Crippen LogP) is 1.86. The number of anilines is 1. The number of phenolic OH excluding ortho intramolecular Hbond substituents is 1. The van der Waals surface area contributed by atoms with E-state index in [0.29, 0.717) is 18.8 Å². The molecule has 4 N–H and O–H groups in total. The van der Waals surface area contributed by atoms with Gasteiger partial charge in [-0.2, -0.15) is 0 Å². The molecule has 1 aliphatic heterocycles. The molecule has 1 unspecified atom stereocenters. The van der Waals surface area contributed by atoms with Gasteiger partial charge in [-0.25, -0.2) is 14.2 Å². The summed E-state index contributed by atoms with van der Waals surface area (Å²) in [6.07, 6.45) is 3.17. The van der Waals surface area contributed by atoms with E-state index in [9.17, 15) is 24.2 Å². The van der Waals surface area contributed by atoms with E-state index in [1.165, 1.54) is 22.9 Å². The molecular formula is C21H19FN4O4. The summed E-state index contributed by atoms with van der Waals surface area (Å²) < 4.78 is 16.4. The van der Waals surface area contributed by atoms with Gasteiger partial charge < -0.3 is 25.4 Å². The van der Waals surface area contributed by atoms with Gasteiger partial charge in [0.25, 0.3) is 0 Å². The van der Waals surface area contributed by atoms with Crippen molar-refractivity contribution < 1.29 is 19.4 Å². The number of aromatic hydroxyl groups is 1. The first-order valence-electron chi connectivity index (χ1n) is 9.58. The zero-order valence-corrected chi connectivity index (χ0v) is 15.9. The third kappa shape index (κ3) is 2.73. The van der Waals surface area contributed by atoms with Gasteiger partial charge in [-0.05, 0) is 43.2 Å². The van der Waals surface area contributed by atoms with Crippen LogP contribution in [0.5, 0.6) is 5.75 Å². The highest BCUT2D eigenvalue weighted by molar-refractivity contribution is 5.92. The van der Waals surface area contributed by atoms with Gasteiger partial charge in [-0.3, -0.25) is 4.79 Å². The molecule has 1 saturated carbocycles. The molecule has 2 fully saturated rings. The Morgan fingerprint density at radius 1 is 1.27 bits per heavy atom. The van der Waals surface area contributed by atoms with Gasteiger partial charge in [0.05, 0.1) is 5.39 Å². The fourth-order valence-electron chi connectivity index (χ4n) is 4.24. The van der Waals surface area contributed by atoms with Gasteiger partial charge >= 0.3 is 5.97 Å². The Kier molecular flexibility index (Phi) is 3.88. The summed E-state index contributed by atoms with van der Waals surface area (Å²) >= 11 is 0. The Morgan fingerprint density at radius 3 is 2.57 bits per heavy atom. The molecule has 1 aliphatic carbocycles. The highest BCUT2D eigenvalue weighted by Gasteiger charge is 2.54. The van der Waals surface area contributed by atoms with Crippen molar-refractivity contribution in [3.05, 3.63) is 58.1 Å². The van der Waals surface area contributed by atoms with Crippen LogP contribution in [-0.2, 0) is 0 Å². The highest BCUT2D eigenvalue weighted by atomic mass is 19.1. The number of carbonyl (C=O) groups is 1. The summed E-state index contributed by atoms with van der Waals surface area (Å²) in [5, 5.41) is 18.9. The van der Waals surface area contributed by atoms with Gasteiger partial charge in [-0.1, -0.05) is 0 Å². The first-order valence-corrected chi connectivity index (χ1v) is 9.58. The summed E-state index contributed by atoms with van der Waals surface area (Å²) in [6, 6.07) is 6.96. The lowest BCUT2D eigenvalue weighted by atomic mass is 10.0. The Morgan fingerprint density at radius 2 is 1.97 bits per heavy atom. The summed E-state index contributed by atoms with van der Waals surface area (Å²) in [6.45, 7) is 1.06. The summed E-state index contributed by atoms with van der Waals surface area (Å²) in [7, 11) is 0. The summed E-state index contributed by atoms with van der Waals surface area (Å²) in [5.74, 6) is -1.98. The molecule has 30 heavy (non-hydrogen) atoms. The molecule has 2 aromatic heterocycles. The number of rotatable bonds is 3. The van der Waals surface area contributed by atoms with E-state index in [1.54, 1.807) is 17.0 Å². The maximum absolute atomic E-state index is 15.0. The molecule has 1 saturated heterocycles. The van der Waals surface area contributed by atoms with E-state index < -0.39 is 22.8 Å². The minimum atomic E-state index is -1.42. The zero-order chi connectivity index (χ0) is 21.2. The topological polar surface area (TPSA) is 122 Å². The Labute approximate surface area is 170 Å². The normalized spacial score (nSPS) is 19.5. The second-order valence-electron chi connectivity index (χ2n) is 8.08. The van der Waals surface area contributed by atoms with Crippen LogP contribution in [0.2, 0.25) is 0 Å². The van der Waals surface area contributed by atoms with E-state index in [-0.39, 0.29) is 34.1 Å². The third-order valence-corrected chi connectivity index (χ3v) is 6.17. The molecular weight excluding hydrogens is 391 g/mol. The largest absolute Gasteiger partial charge is 0.508 e. The zero-order valence-electron chi connectivity index (χ0n) is 15.9. The molecule has 0 radical (unpaired) electrons. The van der Waals surface area contributed by atoms with Crippen LogP contribution in [0, 0.1) is 11.2 Å². The number of nitrogens with two attached hydrogens (primary N) is 1. The molecule has 2 aliphatic rings. The fraction of sp³-hybridized carbons (Fsp3) is 0.286. The quantitative estimate of drug-likeness (QED) is 0.602. The van der Waals surface area contributed by atoms with Gasteiger partial charge in [-0.15, -0.1) is 0 Å². The number of aromatic nitrogens is 2. The maximum Gasteiger partial charge on any atom is 0.341 e. The lowest BCUT2D eigenvalue weighted by Crippen LogP contribution is -2.30. The van der Waals surface area contributed by atoms with E-state index in [4.69, 9.17) is 5.73 Å². The van der Waals surface area contributed by atoms with Crippen LogP contribution >= 0.6 is 0 Å². The Balaban J connectivity index is 1.74. The number of phenols is 1. The Hall–Kier alpha value is -3.46. The average molecular weight is 410 g/mol. The third-order valence-electron chi connectivity index (χ3n) is 6.17. The lowest BCUT2D eigenvalue weighted by Gasteiger charge is -2.20. The van der Waals surface area contributed by atoms with E-state index in [1.807, 2.05) is 0 Å². The first kappa shape index (κ1) is 18.6. The van der Waals surface area contributed by atoms with Crippen molar-refractivity contribution in [1.29, 1.82) is 0 Å². The molecule has 1 aromatic carbocycles. The van der Waals surface area contributed by atoms with E-state index in [0.717, 1.165) is 18.9 Å². The smallest absolute Gasteiger partial charge is 0.341 e. The van der Waals surface area contributed by atoms with Crippen LogP contribution in [0.25, 0.3) is 16.7 Å². The van der Waals surface area contributed by atoms with Crippen LogP contribution in [-0.4, -0.2) is 44.9 Å². The molecule has 8 nitrogen and oxygen atoms in total. The number of fused-ring (bicyclic) bond motifs is 1. The van der Waals surface area contributed by atoms with Crippen molar-refractivity contribution in [2.45, 2.75) is 18.9 Å². The SMILES string of the molecule is NC1CN(c2nc3c(cc2F)c(=O)c(C(=O)O)cn3-c2ccc(O)cc2)CC12CC2. The molecule has 3 heterocycles. The number of nitrogens with zero attached hydrogens (tertiary/aromatic N) is 3. The van der Waals surface area contributed by atoms with Crippen LogP contribution < -0.4 is 16.1 Å². The predicted molar refractivity (Wildman–Crippen MR) is 108 cm³/mol. The minimum absolute atomic E-state index is 0.00681. The van der Waals surface area contributed by atoms with Crippen molar-refractivity contribution in [3.8, 4) is 11.4 Å². The molecule has 5 rings (SSSR count). The molecule has 0 amide bonds. The summed E-state index contributed by atoms with van der Waals surface area (Å²) in [5.41, 5.74) is 5.56. The molecule has 154 valence electrons. The van der Waals surface area contributed by atoms with Crippen molar-refractivity contribution >= 4 is 22.8 Å². The van der Waals surface area contributed by atoms with E-state index in [2.05, 4.69) is 4.98 Å². The minimum Gasteiger partial charge on any atom is -0.508 e. The number of hydrogen-bond donors (Lipinski definition) is 3. The van der Waals surface area contributed by atoms with Gasteiger partial charge in [0.1, 0.15) is 11.3 Å². The van der Waals surface area contributed by atoms with Gasteiger partial charge in [0.2, 0.25) is 5.43 Å². The molecule has 3 aromatic rings. The highest BCUT2D eigenvalue weighted by Crippen LogP contribution is 2.52. The van der Waals surface area contributed by atoms with E-state index >= 15 is 0 Å². The number of carboxylic acids is 1. The number of aromatic carboxylic acids is 1. The van der Waals surface area contributed by atoms with Crippen molar-refractivity contribution in [2.24, 2.45) is 11.1 Å². The van der Waals surface area contributed by atoms with Gasteiger partial charge in [0, 0.05) is 36.4 Å². The molecule has 1 atom stereocenters. The van der Waals surface area contributed by atoms with Crippen LogP contribution in [0.3, 0.4) is 0 Å². The lowest BCUT2D eigenvalue weighted by molar-refractivity contribution is 0.0695. The van der Waals surface area contributed by atoms with Crippen molar-refractivity contribution in [2.75, 3.05) is 18.0 Å². The Bertz CT molecular complexity index is 1250. The molecule has 1 spiro atoms. The first-order chi connectivity index (χ1) is 14.3. The second kappa shape index (κ2) is 6.27. The monoisotopic (exact) mass is 410 g/mol. The number of carboxylic acid groups (broad SMARTS) is 1. The molecule has 0 bridgehead atoms. The van der Waals surface area contributed by atoms with Gasteiger partial charge in [0.15, 0.2) is 17.3 Å². The summed E-state index contributed by atoms with van der Waals surface area (Å²) in [4.78, 5) is 30.5. The number of pyridine rings is 2. The standard InChI is InChI=1S/C21H19FN4O4/c22-15-7-13-17(28)14(20(29)30)8-26(11-1-3-12(27)4-2-11)18(13)24-19(15)25-9-16(23)21(10-25)5-6-21/h1-4,7-8,16,27H,5-6,9-10,23H2,(H,29,30). The van der Waals surface area contributed by atoms with Crippen LogP contribution in [0.4, 0.5) is 10.2 Å². The molecule has 9 heteroatoms.